The molecule has 1 N–H and O–H groups in total. The average molecular weight is 164 g/mol. The van der Waals surface area contributed by atoms with E-state index in [1.54, 1.807) is 11.8 Å². The number of thioether (sulfide) groups is 2. The zero-order valence-corrected chi connectivity index (χ0v) is 7.01. The Morgan fingerprint density at radius 3 is 2.89 bits per heavy atom. The zero-order chi connectivity index (χ0) is 6.53. The molecule has 0 saturated carbocycles. The molecule has 3 heteroatoms. The molecule has 0 spiro atoms. The summed E-state index contributed by atoms with van der Waals surface area (Å²) in [5, 5.41) is 9.16. The summed E-state index contributed by atoms with van der Waals surface area (Å²) in [5.41, 5.74) is -0.102. The van der Waals surface area contributed by atoms with E-state index in [1.807, 2.05) is 11.8 Å². The fraction of sp³-hybridized carbons (Fsp3) is 1.00. The fourth-order valence-corrected chi connectivity index (χ4v) is 2.85. The maximum atomic E-state index is 9.16. The smallest absolute Gasteiger partial charge is 0.108 e. The number of hydrogen-bond donors (Lipinski definition) is 1. The minimum Gasteiger partial charge on any atom is -0.382 e. The number of aliphatic hydroxyl groups excluding tert-OH is 1. The van der Waals surface area contributed by atoms with Crippen molar-refractivity contribution in [3.63, 3.8) is 0 Å². The predicted octanol–water partition coefficient (Wildman–Crippen LogP) is 1.56. The lowest BCUT2D eigenvalue weighted by atomic mass is 10.4. The molecule has 0 aromatic heterocycles. The van der Waals surface area contributed by atoms with E-state index in [4.69, 9.17) is 5.11 Å². The van der Waals surface area contributed by atoms with Crippen molar-refractivity contribution in [2.24, 2.45) is 0 Å². The molecular weight excluding hydrogens is 152 g/mol. The van der Waals surface area contributed by atoms with Crippen LogP contribution < -0.4 is 0 Å². The molecule has 0 bridgehead atoms. The topological polar surface area (TPSA) is 20.2 Å². The van der Waals surface area contributed by atoms with Crippen LogP contribution in [0.2, 0.25) is 0 Å². The van der Waals surface area contributed by atoms with Gasteiger partial charge in [0.15, 0.2) is 0 Å². The molecule has 0 amide bonds. The van der Waals surface area contributed by atoms with Crippen LogP contribution >= 0.6 is 23.5 Å². The van der Waals surface area contributed by atoms with E-state index < -0.39 is 0 Å². The van der Waals surface area contributed by atoms with E-state index in [0.29, 0.717) is 0 Å². The molecule has 0 radical (unpaired) electrons. The van der Waals surface area contributed by atoms with E-state index in [9.17, 15) is 0 Å². The molecule has 1 aliphatic rings. The van der Waals surface area contributed by atoms with Crippen LogP contribution in [0.3, 0.4) is 0 Å². The Kier molecular flexibility index (Phi) is 3.86. The molecule has 54 valence electrons. The zero-order valence-electron chi connectivity index (χ0n) is 5.38. The van der Waals surface area contributed by atoms with Gasteiger partial charge in [0.2, 0.25) is 0 Å². The Labute approximate surface area is 64.6 Å². The second kappa shape index (κ2) is 4.47. The van der Waals surface area contributed by atoms with Crippen molar-refractivity contribution < 1.29 is 5.11 Å². The summed E-state index contributed by atoms with van der Waals surface area (Å²) >= 11 is 3.55. The first-order valence-corrected chi connectivity index (χ1v) is 5.47. The third-order valence-corrected chi connectivity index (χ3v) is 3.67. The summed E-state index contributed by atoms with van der Waals surface area (Å²) in [7, 11) is 0. The maximum Gasteiger partial charge on any atom is 0.108 e. The lowest BCUT2D eigenvalue weighted by Gasteiger charge is -2.12. The Balaban J connectivity index is 2.12. The first kappa shape index (κ1) is 7.76. The summed E-state index contributed by atoms with van der Waals surface area (Å²) in [6.07, 6.45) is 2.60. The maximum absolute atomic E-state index is 9.16. The Morgan fingerprint density at radius 1 is 1.22 bits per heavy atom. The fourth-order valence-electron chi connectivity index (χ4n) is 0.758. The predicted molar refractivity (Wildman–Crippen MR) is 45.0 cm³/mol. The van der Waals surface area contributed by atoms with Gasteiger partial charge in [-0.15, -0.1) is 11.8 Å². The summed E-state index contributed by atoms with van der Waals surface area (Å²) in [4.78, 5) is 0. The van der Waals surface area contributed by atoms with Crippen LogP contribution in [0.5, 0.6) is 0 Å². The summed E-state index contributed by atoms with van der Waals surface area (Å²) in [6.45, 7) is 0. The molecular formula is C6H12OS2. The Morgan fingerprint density at radius 2 is 2.00 bits per heavy atom. The van der Waals surface area contributed by atoms with Crippen LogP contribution in [0.4, 0.5) is 0 Å². The van der Waals surface area contributed by atoms with Crippen molar-refractivity contribution in [1.82, 2.24) is 0 Å². The highest BCUT2D eigenvalue weighted by molar-refractivity contribution is 8.03. The van der Waals surface area contributed by atoms with Gasteiger partial charge in [-0.3, -0.25) is 0 Å². The quantitative estimate of drug-likeness (QED) is 0.587. The number of aliphatic hydroxyl groups is 1. The van der Waals surface area contributed by atoms with Gasteiger partial charge in [0.25, 0.3) is 0 Å². The monoisotopic (exact) mass is 164 g/mol. The van der Waals surface area contributed by atoms with Crippen molar-refractivity contribution in [1.29, 1.82) is 0 Å². The van der Waals surface area contributed by atoms with Crippen LogP contribution in [0.15, 0.2) is 0 Å². The standard InChI is InChI=1S/C6H12OS2/c7-6-5-8-3-1-2-4-9-6/h6-7H,1-5H2. The summed E-state index contributed by atoms with van der Waals surface area (Å²) < 4.78 is 0. The SMILES string of the molecule is OC1CSCCCCS1. The highest BCUT2D eigenvalue weighted by atomic mass is 32.2. The van der Waals surface area contributed by atoms with Gasteiger partial charge in [0.1, 0.15) is 5.44 Å². The van der Waals surface area contributed by atoms with Gasteiger partial charge in [-0.25, -0.2) is 0 Å². The number of hydrogen-bond acceptors (Lipinski definition) is 3. The first-order chi connectivity index (χ1) is 4.39. The summed E-state index contributed by atoms with van der Waals surface area (Å²) in [6, 6.07) is 0. The lowest BCUT2D eigenvalue weighted by Crippen LogP contribution is -2.08. The molecule has 1 fully saturated rings. The molecule has 0 aromatic rings. The van der Waals surface area contributed by atoms with E-state index >= 15 is 0 Å². The third kappa shape index (κ3) is 3.38. The van der Waals surface area contributed by atoms with Gasteiger partial charge in [0.05, 0.1) is 0 Å². The summed E-state index contributed by atoms with van der Waals surface area (Å²) in [5.74, 6) is 3.30. The molecule has 1 atom stereocenters. The molecule has 0 aliphatic carbocycles. The second-order valence-electron chi connectivity index (χ2n) is 2.11. The Bertz CT molecular complexity index is 69.5. The molecule has 9 heavy (non-hydrogen) atoms. The Hall–Kier alpha value is 0.660. The van der Waals surface area contributed by atoms with E-state index in [-0.39, 0.29) is 5.44 Å². The van der Waals surface area contributed by atoms with Gasteiger partial charge < -0.3 is 5.11 Å². The molecule has 1 heterocycles. The molecule has 1 rings (SSSR count). The van der Waals surface area contributed by atoms with Crippen LogP contribution in [-0.4, -0.2) is 27.8 Å². The molecule has 1 nitrogen and oxygen atoms in total. The van der Waals surface area contributed by atoms with Crippen LogP contribution in [0, 0.1) is 0 Å². The van der Waals surface area contributed by atoms with Gasteiger partial charge in [-0.05, 0) is 24.3 Å². The molecule has 1 saturated heterocycles. The molecule has 1 unspecified atom stereocenters. The highest BCUT2D eigenvalue weighted by Gasteiger charge is 2.06. The van der Waals surface area contributed by atoms with Gasteiger partial charge in [0, 0.05) is 5.75 Å². The lowest BCUT2D eigenvalue weighted by molar-refractivity contribution is 0.288. The number of rotatable bonds is 0. The van der Waals surface area contributed by atoms with E-state index in [2.05, 4.69) is 0 Å². The normalized spacial score (nSPS) is 31.0. The minimum atomic E-state index is -0.102. The molecule has 1 aliphatic heterocycles. The van der Waals surface area contributed by atoms with Crippen LogP contribution in [-0.2, 0) is 0 Å². The van der Waals surface area contributed by atoms with Crippen molar-refractivity contribution in [3.8, 4) is 0 Å². The van der Waals surface area contributed by atoms with Crippen molar-refractivity contribution in [2.45, 2.75) is 18.3 Å². The van der Waals surface area contributed by atoms with Crippen molar-refractivity contribution in [3.05, 3.63) is 0 Å². The van der Waals surface area contributed by atoms with Crippen molar-refractivity contribution >= 4 is 23.5 Å². The van der Waals surface area contributed by atoms with Gasteiger partial charge >= 0.3 is 0 Å². The first-order valence-electron chi connectivity index (χ1n) is 3.27. The second-order valence-corrected chi connectivity index (χ2v) is 4.54. The van der Waals surface area contributed by atoms with E-state index in [1.165, 1.54) is 18.6 Å². The average Bonchev–Trinajstić information content (AvgIpc) is 1.79. The molecule has 0 aromatic carbocycles. The van der Waals surface area contributed by atoms with Gasteiger partial charge in [-0.1, -0.05) is 0 Å². The van der Waals surface area contributed by atoms with Crippen molar-refractivity contribution in [2.75, 3.05) is 17.3 Å². The highest BCUT2D eigenvalue weighted by Crippen LogP contribution is 2.20. The van der Waals surface area contributed by atoms with E-state index in [0.717, 1.165) is 11.5 Å². The third-order valence-electron chi connectivity index (χ3n) is 1.25. The van der Waals surface area contributed by atoms with Crippen LogP contribution in [0.1, 0.15) is 12.8 Å². The van der Waals surface area contributed by atoms with Gasteiger partial charge in [-0.2, -0.15) is 11.8 Å². The van der Waals surface area contributed by atoms with Crippen LogP contribution in [0.25, 0.3) is 0 Å². The largest absolute Gasteiger partial charge is 0.382 e. The minimum absolute atomic E-state index is 0.102.